The van der Waals surface area contributed by atoms with Gasteiger partial charge in [0.15, 0.2) is 0 Å². The Kier molecular flexibility index (Phi) is 4.35. The van der Waals surface area contributed by atoms with Gasteiger partial charge in [-0.3, -0.25) is 4.79 Å². The number of carbonyl (C=O) groups is 1. The van der Waals surface area contributed by atoms with Crippen LogP contribution in [0.15, 0.2) is 64.1 Å². The monoisotopic (exact) mass is 420 g/mol. The van der Waals surface area contributed by atoms with Crippen molar-refractivity contribution in [1.82, 2.24) is 14.8 Å². The quantitative estimate of drug-likeness (QED) is 0.694. The standard InChI is InChI=1S/C15H10Br2N4O/c16-11-3-1-2-10(6-11)15(22)20-13-7-12(17)4-5-14(13)21-9-18-8-19-21/h1-9H,(H,20,22). The van der Waals surface area contributed by atoms with Crippen molar-refractivity contribution >= 4 is 43.5 Å². The van der Waals surface area contributed by atoms with E-state index < -0.39 is 0 Å². The third kappa shape index (κ3) is 3.26. The molecule has 3 rings (SSSR count). The minimum Gasteiger partial charge on any atom is -0.320 e. The first-order valence-corrected chi connectivity index (χ1v) is 7.93. The Morgan fingerprint density at radius 3 is 2.64 bits per heavy atom. The Hall–Kier alpha value is -1.99. The van der Waals surface area contributed by atoms with Gasteiger partial charge in [0, 0.05) is 14.5 Å². The summed E-state index contributed by atoms with van der Waals surface area (Å²) in [6, 6.07) is 12.8. The molecule has 1 N–H and O–H groups in total. The number of nitrogens with zero attached hydrogens (tertiary/aromatic N) is 3. The lowest BCUT2D eigenvalue weighted by Crippen LogP contribution is -2.14. The molecule has 0 fully saturated rings. The van der Waals surface area contributed by atoms with Crippen molar-refractivity contribution in [3.63, 3.8) is 0 Å². The number of hydrogen-bond acceptors (Lipinski definition) is 3. The molecular weight excluding hydrogens is 412 g/mol. The molecule has 22 heavy (non-hydrogen) atoms. The summed E-state index contributed by atoms with van der Waals surface area (Å²) in [5.74, 6) is -0.194. The van der Waals surface area contributed by atoms with E-state index >= 15 is 0 Å². The van der Waals surface area contributed by atoms with Gasteiger partial charge in [-0.2, -0.15) is 5.10 Å². The SMILES string of the molecule is O=C(Nc1cc(Br)ccc1-n1cncn1)c1cccc(Br)c1. The normalized spacial score (nSPS) is 10.5. The van der Waals surface area contributed by atoms with Gasteiger partial charge in [-0.05, 0) is 36.4 Å². The van der Waals surface area contributed by atoms with Crippen LogP contribution in [0.3, 0.4) is 0 Å². The molecule has 0 atom stereocenters. The number of halogens is 2. The molecule has 1 aromatic heterocycles. The van der Waals surface area contributed by atoms with Crippen molar-refractivity contribution in [2.45, 2.75) is 0 Å². The van der Waals surface area contributed by atoms with Gasteiger partial charge in [0.05, 0.1) is 11.4 Å². The van der Waals surface area contributed by atoms with Gasteiger partial charge in [0.1, 0.15) is 12.7 Å². The highest BCUT2D eigenvalue weighted by Crippen LogP contribution is 2.25. The highest BCUT2D eigenvalue weighted by Gasteiger charge is 2.11. The number of aromatic nitrogens is 3. The average molecular weight is 422 g/mol. The Labute approximate surface area is 143 Å². The van der Waals surface area contributed by atoms with Crippen LogP contribution in [0, 0.1) is 0 Å². The second-order valence-electron chi connectivity index (χ2n) is 4.47. The van der Waals surface area contributed by atoms with Crippen LogP contribution >= 0.6 is 31.9 Å². The molecule has 1 heterocycles. The van der Waals surface area contributed by atoms with E-state index in [1.54, 1.807) is 23.1 Å². The lowest BCUT2D eigenvalue weighted by atomic mass is 10.2. The molecule has 2 aromatic carbocycles. The fourth-order valence-electron chi connectivity index (χ4n) is 1.96. The molecule has 7 heteroatoms. The first kappa shape index (κ1) is 14.9. The number of hydrogen-bond donors (Lipinski definition) is 1. The van der Waals surface area contributed by atoms with Crippen LogP contribution in [0.1, 0.15) is 10.4 Å². The molecule has 0 radical (unpaired) electrons. The van der Waals surface area contributed by atoms with E-state index in [-0.39, 0.29) is 5.91 Å². The lowest BCUT2D eigenvalue weighted by Gasteiger charge is -2.11. The van der Waals surface area contributed by atoms with Gasteiger partial charge in [0.2, 0.25) is 0 Å². The summed E-state index contributed by atoms with van der Waals surface area (Å²) < 4.78 is 3.31. The summed E-state index contributed by atoms with van der Waals surface area (Å²) in [7, 11) is 0. The first-order chi connectivity index (χ1) is 10.6. The Morgan fingerprint density at radius 2 is 1.91 bits per heavy atom. The van der Waals surface area contributed by atoms with E-state index in [4.69, 9.17) is 0 Å². The van der Waals surface area contributed by atoms with Crippen LogP contribution in [-0.2, 0) is 0 Å². The van der Waals surface area contributed by atoms with Gasteiger partial charge in [-0.15, -0.1) is 0 Å². The molecule has 110 valence electrons. The molecule has 0 aliphatic heterocycles. The first-order valence-electron chi connectivity index (χ1n) is 6.35. The largest absolute Gasteiger partial charge is 0.320 e. The molecule has 0 spiro atoms. The molecule has 0 saturated carbocycles. The Balaban J connectivity index is 1.95. The zero-order chi connectivity index (χ0) is 15.5. The van der Waals surface area contributed by atoms with Crippen molar-refractivity contribution < 1.29 is 4.79 Å². The summed E-state index contributed by atoms with van der Waals surface area (Å²) in [4.78, 5) is 16.3. The predicted molar refractivity (Wildman–Crippen MR) is 91.2 cm³/mol. The van der Waals surface area contributed by atoms with Crippen LogP contribution in [0.4, 0.5) is 5.69 Å². The minimum absolute atomic E-state index is 0.194. The molecule has 0 aliphatic carbocycles. The summed E-state index contributed by atoms with van der Waals surface area (Å²) in [5.41, 5.74) is 1.95. The molecule has 5 nitrogen and oxygen atoms in total. The van der Waals surface area contributed by atoms with Crippen molar-refractivity contribution in [2.24, 2.45) is 0 Å². The fraction of sp³-hybridized carbons (Fsp3) is 0. The van der Waals surface area contributed by atoms with Gasteiger partial charge < -0.3 is 5.32 Å². The zero-order valence-corrected chi connectivity index (χ0v) is 14.4. The Morgan fingerprint density at radius 1 is 1.09 bits per heavy atom. The molecule has 3 aromatic rings. The maximum absolute atomic E-state index is 12.4. The summed E-state index contributed by atoms with van der Waals surface area (Å²) in [6.45, 7) is 0. The number of amides is 1. The van der Waals surface area contributed by atoms with Crippen molar-refractivity contribution in [2.75, 3.05) is 5.32 Å². The molecular formula is C15H10Br2N4O. The number of carbonyl (C=O) groups excluding carboxylic acids is 1. The van der Waals surface area contributed by atoms with Crippen molar-refractivity contribution in [3.05, 3.63) is 69.6 Å². The van der Waals surface area contributed by atoms with E-state index in [2.05, 4.69) is 47.3 Å². The summed E-state index contributed by atoms with van der Waals surface area (Å²) >= 11 is 6.78. The maximum Gasteiger partial charge on any atom is 0.255 e. The van der Waals surface area contributed by atoms with Gasteiger partial charge in [-0.25, -0.2) is 9.67 Å². The topological polar surface area (TPSA) is 59.8 Å². The van der Waals surface area contributed by atoms with Crippen LogP contribution < -0.4 is 5.32 Å². The minimum atomic E-state index is -0.194. The number of anilines is 1. The van der Waals surface area contributed by atoms with E-state index in [9.17, 15) is 4.79 Å². The molecule has 1 amide bonds. The van der Waals surface area contributed by atoms with Gasteiger partial charge >= 0.3 is 0 Å². The van der Waals surface area contributed by atoms with Crippen LogP contribution in [0.25, 0.3) is 5.69 Å². The van der Waals surface area contributed by atoms with Crippen LogP contribution in [-0.4, -0.2) is 20.7 Å². The number of benzene rings is 2. The van der Waals surface area contributed by atoms with E-state index in [0.717, 1.165) is 14.6 Å². The van der Waals surface area contributed by atoms with Gasteiger partial charge in [0.25, 0.3) is 5.91 Å². The molecule has 0 unspecified atom stereocenters. The van der Waals surface area contributed by atoms with E-state index in [1.165, 1.54) is 6.33 Å². The molecule has 0 saturated heterocycles. The average Bonchev–Trinajstić information content (AvgIpc) is 3.01. The smallest absolute Gasteiger partial charge is 0.255 e. The summed E-state index contributed by atoms with van der Waals surface area (Å²) in [6.07, 6.45) is 3.03. The lowest BCUT2D eigenvalue weighted by molar-refractivity contribution is 0.102. The third-order valence-corrected chi connectivity index (χ3v) is 3.95. The second kappa shape index (κ2) is 6.41. The van der Waals surface area contributed by atoms with Crippen molar-refractivity contribution in [3.8, 4) is 5.69 Å². The molecule has 0 bridgehead atoms. The highest BCUT2D eigenvalue weighted by molar-refractivity contribution is 9.10. The number of rotatable bonds is 3. The van der Waals surface area contributed by atoms with Crippen molar-refractivity contribution in [1.29, 1.82) is 0 Å². The maximum atomic E-state index is 12.4. The summed E-state index contributed by atoms with van der Waals surface area (Å²) in [5, 5.41) is 7.01. The van der Waals surface area contributed by atoms with Crippen LogP contribution in [0.5, 0.6) is 0 Å². The predicted octanol–water partition coefficient (Wildman–Crippen LogP) is 4.04. The Bertz CT molecular complexity index is 818. The fourth-order valence-corrected chi connectivity index (χ4v) is 2.73. The van der Waals surface area contributed by atoms with Gasteiger partial charge in [-0.1, -0.05) is 37.9 Å². The van der Waals surface area contributed by atoms with E-state index in [1.807, 2.05) is 30.3 Å². The zero-order valence-electron chi connectivity index (χ0n) is 11.2. The number of nitrogens with one attached hydrogen (secondary N) is 1. The molecule has 0 aliphatic rings. The second-order valence-corrected chi connectivity index (χ2v) is 6.30. The van der Waals surface area contributed by atoms with Crippen LogP contribution in [0.2, 0.25) is 0 Å². The third-order valence-electron chi connectivity index (χ3n) is 2.96. The van der Waals surface area contributed by atoms with E-state index in [0.29, 0.717) is 11.3 Å². The highest BCUT2D eigenvalue weighted by atomic mass is 79.9.